The number of hydrogen-bond donors (Lipinski definition) is 3. The Kier molecular flexibility index (Phi) is 6.12. The van der Waals surface area contributed by atoms with Crippen LogP contribution in [0.25, 0.3) is 0 Å². The van der Waals surface area contributed by atoms with Crippen molar-refractivity contribution in [2.45, 2.75) is 13.3 Å². The fourth-order valence-corrected chi connectivity index (χ4v) is 2.44. The fraction of sp³-hybridized carbons (Fsp3) is 0.333. The third-order valence-corrected chi connectivity index (χ3v) is 3.38. The van der Waals surface area contributed by atoms with Crippen molar-refractivity contribution in [2.24, 2.45) is 0 Å². The van der Waals surface area contributed by atoms with Gasteiger partial charge in [-0.25, -0.2) is 0 Å². The van der Waals surface area contributed by atoms with Gasteiger partial charge in [0.1, 0.15) is 6.61 Å². The van der Waals surface area contributed by atoms with Crippen molar-refractivity contribution < 1.29 is 13.5 Å². The van der Waals surface area contributed by atoms with Crippen LogP contribution in [0.3, 0.4) is 0 Å². The molecule has 0 aliphatic rings. The first-order chi connectivity index (χ1) is 8.98. The number of nitrogens with one attached hydrogen (secondary N) is 2. The van der Waals surface area contributed by atoms with Gasteiger partial charge in [0.15, 0.2) is 0 Å². The van der Waals surface area contributed by atoms with Crippen molar-refractivity contribution in [3.05, 3.63) is 28.8 Å². The van der Waals surface area contributed by atoms with Gasteiger partial charge < -0.3 is 5.11 Å². The molecule has 0 amide bonds. The summed E-state index contributed by atoms with van der Waals surface area (Å²) in [5.74, 6) is 5.12. The van der Waals surface area contributed by atoms with E-state index < -0.39 is 10.2 Å². The van der Waals surface area contributed by atoms with Gasteiger partial charge in [0.2, 0.25) is 0 Å². The number of hydrogen-bond acceptors (Lipinski definition) is 3. The van der Waals surface area contributed by atoms with E-state index in [0.29, 0.717) is 23.6 Å². The van der Waals surface area contributed by atoms with E-state index in [0.717, 1.165) is 0 Å². The molecule has 0 aliphatic heterocycles. The van der Waals surface area contributed by atoms with Gasteiger partial charge in [-0.1, -0.05) is 30.4 Å². The molecule has 0 aliphatic carbocycles. The van der Waals surface area contributed by atoms with Crippen LogP contribution in [0.1, 0.15) is 18.9 Å². The van der Waals surface area contributed by atoms with Crippen molar-refractivity contribution in [3.63, 3.8) is 0 Å². The molecular weight excluding hydrogens is 288 g/mol. The monoisotopic (exact) mass is 302 g/mol. The molecule has 1 aromatic carbocycles. The van der Waals surface area contributed by atoms with Gasteiger partial charge in [-0.05, 0) is 24.6 Å². The first-order valence-corrected chi connectivity index (χ1v) is 7.51. The Morgan fingerprint density at radius 1 is 1.42 bits per heavy atom. The largest absolute Gasteiger partial charge is 0.384 e. The quantitative estimate of drug-likeness (QED) is 0.718. The van der Waals surface area contributed by atoms with Crippen molar-refractivity contribution in [3.8, 4) is 11.8 Å². The molecule has 19 heavy (non-hydrogen) atoms. The van der Waals surface area contributed by atoms with E-state index in [4.69, 9.17) is 16.7 Å². The third-order valence-electron chi connectivity index (χ3n) is 2.07. The molecule has 0 heterocycles. The summed E-state index contributed by atoms with van der Waals surface area (Å²) in [4.78, 5) is 0. The van der Waals surface area contributed by atoms with E-state index in [9.17, 15) is 8.42 Å². The van der Waals surface area contributed by atoms with E-state index in [1.165, 1.54) is 6.07 Å². The van der Waals surface area contributed by atoms with Gasteiger partial charge in [-0.3, -0.25) is 4.72 Å². The second kappa shape index (κ2) is 7.36. The van der Waals surface area contributed by atoms with Crippen molar-refractivity contribution in [1.29, 1.82) is 0 Å². The van der Waals surface area contributed by atoms with Crippen LogP contribution in [-0.4, -0.2) is 26.7 Å². The van der Waals surface area contributed by atoms with Gasteiger partial charge in [-0.2, -0.15) is 13.1 Å². The zero-order valence-corrected chi connectivity index (χ0v) is 12.0. The minimum atomic E-state index is -3.65. The summed E-state index contributed by atoms with van der Waals surface area (Å²) < 4.78 is 28.2. The van der Waals surface area contributed by atoms with Crippen LogP contribution in [0.2, 0.25) is 5.02 Å². The van der Waals surface area contributed by atoms with E-state index in [2.05, 4.69) is 21.3 Å². The predicted octanol–water partition coefficient (Wildman–Crippen LogP) is 1.34. The Hall–Kier alpha value is -1.26. The van der Waals surface area contributed by atoms with Gasteiger partial charge in [0.25, 0.3) is 10.2 Å². The standard InChI is InChI=1S/C12H15ClN2O3S/c1-2-7-14-19(17,18)15-12-9-11(13)6-5-10(12)4-3-8-16/h5-6,9,14-16H,2,7-8H2,1H3. The van der Waals surface area contributed by atoms with Crippen LogP contribution >= 0.6 is 11.6 Å². The molecular formula is C12H15ClN2O3S. The second-order valence-electron chi connectivity index (χ2n) is 3.65. The van der Waals surface area contributed by atoms with E-state index in [-0.39, 0.29) is 12.3 Å². The predicted molar refractivity (Wildman–Crippen MR) is 76.3 cm³/mol. The average molecular weight is 303 g/mol. The zero-order chi connectivity index (χ0) is 14.3. The van der Waals surface area contributed by atoms with Crippen LogP contribution in [-0.2, 0) is 10.2 Å². The lowest BCUT2D eigenvalue weighted by Crippen LogP contribution is -2.30. The van der Waals surface area contributed by atoms with Crippen LogP contribution in [0.5, 0.6) is 0 Å². The summed E-state index contributed by atoms with van der Waals surface area (Å²) in [6.07, 6.45) is 0.688. The van der Waals surface area contributed by atoms with Crippen molar-refractivity contribution in [1.82, 2.24) is 4.72 Å². The van der Waals surface area contributed by atoms with Gasteiger partial charge in [0.05, 0.1) is 5.69 Å². The highest BCUT2D eigenvalue weighted by atomic mass is 35.5. The molecule has 1 rings (SSSR count). The van der Waals surface area contributed by atoms with Crippen LogP contribution in [0.15, 0.2) is 18.2 Å². The number of aliphatic hydroxyl groups is 1. The van der Waals surface area contributed by atoms with Crippen LogP contribution in [0.4, 0.5) is 5.69 Å². The average Bonchev–Trinajstić information content (AvgIpc) is 2.35. The summed E-state index contributed by atoms with van der Waals surface area (Å²) in [7, 11) is -3.65. The molecule has 5 nitrogen and oxygen atoms in total. The first kappa shape index (κ1) is 15.8. The molecule has 0 aromatic heterocycles. The molecule has 0 unspecified atom stereocenters. The topological polar surface area (TPSA) is 78.4 Å². The third kappa shape index (κ3) is 5.49. The van der Waals surface area contributed by atoms with E-state index in [1.54, 1.807) is 12.1 Å². The second-order valence-corrected chi connectivity index (χ2v) is 5.59. The Morgan fingerprint density at radius 3 is 2.79 bits per heavy atom. The highest BCUT2D eigenvalue weighted by Gasteiger charge is 2.11. The fourth-order valence-electron chi connectivity index (χ4n) is 1.26. The summed E-state index contributed by atoms with van der Waals surface area (Å²) in [6, 6.07) is 4.65. The van der Waals surface area contributed by atoms with Crippen molar-refractivity contribution >= 4 is 27.5 Å². The van der Waals surface area contributed by atoms with Crippen LogP contribution < -0.4 is 9.44 Å². The highest BCUT2D eigenvalue weighted by molar-refractivity contribution is 7.90. The van der Waals surface area contributed by atoms with Crippen molar-refractivity contribution in [2.75, 3.05) is 17.9 Å². The first-order valence-electron chi connectivity index (χ1n) is 5.65. The molecule has 104 valence electrons. The molecule has 3 N–H and O–H groups in total. The van der Waals surface area contributed by atoms with E-state index >= 15 is 0 Å². The lowest BCUT2D eigenvalue weighted by Gasteiger charge is -2.10. The number of aliphatic hydroxyl groups excluding tert-OH is 1. The molecule has 0 bridgehead atoms. The minimum Gasteiger partial charge on any atom is -0.384 e. The molecule has 1 aromatic rings. The van der Waals surface area contributed by atoms with Gasteiger partial charge in [0, 0.05) is 17.1 Å². The summed E-state index contributed by atoms with van der Waals surface area (Å²) >= 11 is 5.83. The number of anilines is 1. The lowest BCUT2D eigenvalue weighted by molar-refractivity contribution is 0.350. The van der Waals surface area contributed by atoms with E-state index in [1.807, 2.05) is 6.92 Å². The van der Waals surface area contributed by atoms with Crippen LogP contribution in [0, 0.1) is 11.8 Å². The maximum absolute atomic E-state index is 11.7. The molecule has 0 atom stereocenters. The van der Waals surface area contributed by atoms with Gasteiger partial charge in [-0.15, -0.1) is 0 Å². The number of benzene rings is 1. The van der Waals surface area contributed by atoms with Gasteiger partial charge >= 0.3 is 0 Å². The lowest BCUT2D eigenvalue weighted by atomic mass is 10.2. The number of rotatable bonds is 5. The maximum atomic E-state index is 11.7. The summed E-state index contributed by atoms with van der Waals surface area (Å²) in [5, 5.41) is 9.06. The Balaban J connectivity index is 3.02. The Bertz CT molecular complexity index is 591. The molecule has 0 radical (unpaired) electrons. The normalized spacial score (nSPS) is 10.7. The highest BCUT2D eigenvalue weighted by Crippen LogP contribution is 2.21. The molecule has 0 saturated heterocycles. The maximum Gasteiger partial charge on any atom is 0.299 e. The number of halogens is 1. The Morgan fingerprint density at radius 2 is 2.16 bits per heavy atom. The Labute approximate surface area is 118 Å². The summed E-state index contributed by atoms with van der Waals surface area (Å²) in [5.41, 5.74) is 0.720. The molecule has 0 fully saturated rings. The molecule has 0 spiro atoms. The SMILES string of the molecule is CCCNS(=O)(=O)Nc1cc(Cl)ccc1C#CCO. The summed E-state index contributed by atoms with van der Waals surface area (Å²) in [6.45, 7) is 1.90. The minimum absolute atomic E-state index is 0.275. The molecule has 7 heteroatoms. The molecule has 0 saturated carbocycles. The smallest absolute Gasteiger partial charge is 0.299 e. The zero-order valence-electron chi connectivity index (χ0n) is 10.4.